The second kappa shape index (κ2) is 6.33. The van der Waals surface area contributed by atoms with Crippen LogP contribution in [0, 0.1) is 6.92 Å². The summed E-state index contributed by atoms with van der Waals surface area (Å²) in [6.45, 7) is 4.13. The summed E-state index contributed by atoms with van der Waals surface area (Å²) in [5.74, 6) is 0.601. The first kappa shape index (κ1) is 14.3. The Hall–Kier alpha value is -2.16. The second-order valence-electron chi connectivity index (χ2n) is 5.25. The Kier molecular flexibility index (Phi) is 4.51. The molecule has 2 aromatic carbocycles. The highest BCUT2D eigenvalue weighted by Gasteiger charge is 2.05. The molecule has 3 nitrogen and oxygen atoms in total. The van der Waals surface area contributed by atoms with Crippen LogP contribution in [-0.4, -0.2) is 16.3 Å². The summed E-state index contributed by atoms with van der Waals surface area (Å²) in [4.78, 5) is 0. The van der Waals surface area contributed by atoms with E-state index in [1.807, 2.05) is 25.1 Å². The third-order valence-corrected chi connectivity index (χ3v) is 3.41. The summed E-state index contributed by atoms with van der Waals surface area (Å²) in [6, 6.07) is 13.0. The second-order valence-corrected chi connectivity index (χ2v) is 5.25. The zero-order chi connectivity index (χ0) is 14.5. The molecule has 0 amide bonds. The molecule has 3 N–H and O–H groups in total. The molecule has 0 aliphatic rings. The summed E-state index contributed by atoms with van der Waals surface area (Å²) in [6.07, 6.45) is 1.97. The van der Waals surface area contributed by atoms with Gasteiger partial charge in [0, 0.05) is 11.7 Å². The fourth-order valence-corrected chi connectivity index (χ4v) is 2.19. The van der Waals surface area contributed by atoms with Crippen molar-refractivity contribution in [2.24, 2.45) is 0 Å². The number of benzene rings is 2. The quantitative estimate of drug-likeness (QED) is 0.724. The van der Waals surface area contributed by atoms with Gasteiger partial charge in [-0.15, -0.1) is 0 Å². The van der Waals surface area contributed by atoms with Gasteiger partial charge in [-0.2, -0.15) is 0 Å². The molecule has 2 rings (SSSR count). The van der Waals surface area contributed by atoms with Crippen LogP contribution in [-0.2, 0) is 6.42 Å². The van der Waals surface area contributed by atoms with Crippen LogP contribution in [0.4, 0.5) is 5.69 Å². The number of anilines is 1. The number of aromatic hydroxyl groups is 2. The summed E-state index contributed by atoms with van der Waals surface area (Å²) < 4.78 is 0. The lowest BCUT2D eigenvalue weighted by Gasteiger charge is -2.17. The van der Waals surface area contributed by atoms with Gasteiger partial charge in [-0.1, -0.05) is 12.1 Å². The van der Waals surface area contributed by atoms with Crippen molar-refractivity contribution in [3.05, 3.63) is 53.6 Å². The predicted octanol–water partition coefficient (Wildman–Crippen LogP) is 3.84. The van der Waals surface area contributed by atoms with Crippen LogP contribution in [0.15, 0.2) is 42.5 Å². The number of phenols is 2. The molecule has 0 bridgehead atoms. The number of nitrogens with one attached hydrogen (secondary N) is 1. The Morgan fingerprint density at radius 2 is 1.65 bits per heavy atom. The first-order valence-electron chi connectivity index (χ1n) is 6.88. The third-order valence-electron chi connectivity index (χ3n) is 3.41. The van der Waals surface area contributed by atoms with Crippen molar-refractivity contribution in [2.45, 2.75) is 32.7 Å². The van der Waals surface area contributed by atoms with Crippen molar-refractivity contribution >= 4 is 5.69 Å². The van der Waals surface area contributed by atoms with Crippen molar-refractivity contribution in [2.75, 3.05) is 5.32 Å². The SMILES string of the molecule is Cc1cc(O)ccc1NC(C)CCc1ccc(O)cc1. The standard InChI is InChI=1S/C17H21NO2/c1-12-11-16(20)9-10-17(12)18-13(2)3-4-14-5-7-15(19)8-6-14/h5-11,13,18-20H,3-4H2,1-2H3. The highest BCUT2D eigenvalue weighted by molar-refractivity contribution is 5.53. The van der Waals surface area contributed by atoms with E-state index in [-0.39, 0.29) is 0 Å². The topological polar surface area (TPSA) is 52.5 Å². The zero-order valence-electron chi connectivity index (χ0n) is 11.9. The van der Waals surface area contributed by atoms with Gasteiger partial charge < -0.3 is 15.5 Å². The molecule has 0 heterocycles. The van der Waals surface area contributed by atoms with Gasteiger partial charge in [0.15, 0.2) is 0 Å². The zero-order valence-corrected chi connectivity index (χ0v) is 11.9. The lowest BCUT2D eigenvalue weighted by atomic mass is 10.1. The van der Waals surface area contributed by atoms with E-state index in [1.165, 1.54) is 5.56 Å². The maximum atomic E-state index is 9.40. The Morgan fingerprint density at radius 1 is 1.00 bits per heavy atom. The lowest BCUT2D eigenvalue weighted by Crippen LogP contribution is -2.16. The van der Waals surface area contributed by atoms with E-state index in [0.29, 0.717) is 17.5 Å². The molecule has 0 saturated carbocycles. The van der Waals surface area contributed by atoms with Crippen molar-refractivity contribution in [1.29, 1.82) is 0 Å². The number of aryl methyl sites for hydroxylation is 2. The minimum absolute atomic E-state index is 0.296. The van der Waals surface area contributed by atoms with Crippen LogP contribution >= 0.6 is 0 Å². The molecule has 106 valence electrons. The fraction of sp³-hybridized carbons (Fsp3) is 0.294. The van der Waals surface area contributed by atoms with Gasteiger partial charge >= 0.3 is 0 Å². The van der Waals surface area contributed by atoms with E-state index in [2.05, 4.69) is 12.2 Å². The molecule has 3 heteroatoms. The molecule has 1 atom stereocenters. The molecule has 0 aromatic heterocycles. The third kappa shape index (κ3) is 3.92. The van der Waals surface area contributed by atoms with Crippen LogP contribution in [0.25, 0.3) is 0 Å². The molecule has 2 aromatic rings. The fourth-order valence-electron chi connectivity index (χ4n) is 2.19. The van der Waals surface area contributed by atoms with Gasteiger partial charge in [0.25, 0.3) is 0 Å². The van der Waals surface area contributed by atoms with Crippen LogP contribution in [0.3, 0.4) is 0 Å². The maximum absolute atomic E-state index is 9.40. The van der Waals surface area contributed by atoms with Gasteiger partial charge in [0.1, 0.15) is 11.5 Å². The predicted molar refractivity (Wildman–Crippen MR) is 82.4 cm³/mol. The van der Waals surface area contributed by atoms with E-state index >= 15 is 0 Å². The number of hydrogen-bond donors (Lipinski definition) is 3. The van der Waals surface area contributed by atoms with Crippen LogP contribution in [0.5, 0.6) is 11.5 Å². The molecular weight excluding hydrogens is 250 g/mol. The van der Waals surface area contributed by atoms with E-state index in [0.717, 1.165) is 24.1 Å². The summed E-state index contributed by atoms with van der Waals surface area (Å²) >= 11 is 0. The molecule has 0 aliphatic carbocycles. The van der Waals surface area contributed by atoms with E-state index < -0.39 is 0 Å². The lowest BCUT2D eigenvalue weighted by molar-refractivity contribution is 0.474. The monoisotopic (exact) mass is 271 g/mol. The van der Waals surface area contributed by atoms with Crippen molar-refractivity contribution in [3.63, 3.8) is 0 Å². The van der Waals surface area contributed by atoms with Crippen molar-refractivity contribution in [1.82, 2.24) is 0 Å². The Morgan fingerprint density at radius 3 is 2.30 bits per heavy atom. The normalized spacial score (nSPS) is 12.1. The first-order chi connectivity index (χ1) is 9.54. The molecule has 0 spiro atoms. The van der Waals surface area contributed by atoms with Crippen molar-refractivity contribution < 1.29 is 10.2 Å². The minimum Gasteiger partial charge on any atom is -0.508 e. The van der Waals surface area contributed by atoms with Gasteiger partial charge in [-0.05, 0) is 68.1 Å². The average molecular weight is 271 g/mol. The maximum Gasteiger partial charge on any atom is 0.115 e. The molecule has 0 aliphatic heterocycles. The molecule has 20 heavy (non-hydrogen) atoms. The van der Waals surface area contributed by atoms with Gasteiger partial charge in [-0.3, -0.25) is 0 Å². The molecule has 0 fully saturated rings. The largest absolute Gasteiger partial charge is 0.508 e. The Labute approximate surface area is 119 Å². The van der Waals surface area contributed by atoms with Crippen molar-refractivity contribution in [3.8, 4) is 11.5 Å². The molecule has 0 radical (unpaired) electrons. The summed E-state index contributed by atoms with van der Waals surface area (Å²) in [5.41, 5.74) is 3.32. The average Bonchev–Trinajstić information content (AvgIpc) is 2.41. The smallest absolute Gasteiger partial charge is 0.115 e. The summed E-state index contributed by atoms with van der Waals surface area (Å²) in [7, 11) is 0. The minimum atomic E-state index is 0.296. The van der Waals surface area contributed by atoms with Gasteiger partial charge in [-0.25, -0.2) is 0 Å². The highest BCUT2D eigenvalue weighted by atomic mass is 16.3. The number of hydrogen-bond acceptors (Lipinski definition) is 3. The van der Waals surface area contributed by atoms with Crippen LogP contribution in [0.1, 0.15) is 24.5 Å². The Balaban J connectivity index is 1.89. The van der Waals surface area contributed by atoms with Crippen LogP contribution in [0.2, 0.25) is 0 Å². The molecule has 1 unspecified atom stereocenters. The number of phenolic OH excluding ortho intramolecular Hbond substituents is 2. The Bertz CT molecular complexity index is 564. The van der Waals surface area contributed by atoms with E-state index in [1.54, 1.807) is 24.3 Å². The molecular formula is C17H21NO2. The van der Waals surface area contributed by atoms with Gasteiger partial charge in [0.05, 0.1) is 0 Å². The summed E-state index contributed by atoms with van der Waals surface area (Å²) in [5, 5.41) is 22.1. The van der Waals surface area contributed by atoms with Gasteiger partial charge in [0.2, 0.25) is 0 Å². The van der Waals surface area contributed by atoms with Crippen LogP contribution < -0.4 is 5.32 Å². The highest BCUT2D eigenvalue weighted by Crippen LogP contribution is 2.21. The van der Waals surface area contributed by atoms with E-state index in [4.69, 9.17) is 0 Å². The van der Waals surface area contributed by atoms with E-state index in [9.17, 15) is 10.2 Å². The molecule has 0 saturated heterocycles. The first-order valence-corrected chi connectivity index (χ1v) is 6.88. The number of rotatable bonds is 5.